The Kier molecular flexibility index (Phi) is 5.86. The average Bonchev–Trinajstić information content (AvgIpc) is 2.30. The zero-order valence-electron chi connectivity index (χ0n) is 9.61. The average molecular weight is 213 g/mol. The monoisotopic (exact) mass is 213 g/mol. The zero-order chi connectivity index (χ0) is 11.1. The summed E-state index contributed by atoms with van der Waals surface area (Å²) in [6.07, 6.45) is 4.09. The van der Waals surface area contributed by atoms with E-state index in [1.165, 1.54) is 0 Å². The topological polar surface area (TPSA) is 50.5 Å². The largest absolute Gasteiger partial charge is 0.374 e. The summed E-state index contributed by atoms with van der Waals surface area (Å²) in [5.74, 6) is 5.55. The molecule has 0 bridgehead atoms. The van der Waals surface area contributed by atoms with Gasteiger partial charge in [0.25, 0.3) is 0 Å². The number of hydrogen-bond donors (Lipinski definition) is 2. The Labute approximate surface area is 92.4 Å². The number of nitrogens with two attached hydrogens (primary N) is 1. The Morgan fingerprint density at radius 3 is 3.13 bits per heavy atom. The fourth-order valence-electron chi connectivity index (χ4n) is 1.94. The quantitative estimate of drug-likeness (QED) is 0.383. The van der Waals surface area contributed by atoms with Crippen LogP contribution in [0.15, 0.2) is 12.7 Å². The van der Waals surface area contributed by atoms with E-state index in [1.54, 1.807) is 0 Å². The van der Waals surface area contributed by atoms with Gasteiger partial charge < -0.3 is 4.74 Å². The molecular formula is C11H23N3O. The number of hydrazine groups is 1. The maximum Gasteiger partial charge on any atom is 0.0868 e. The van der Waals surface area contributed by atoms with E-state index in [0.29, 0.717) is 0 Å². The highest BCUT2D eigenvalue weighted by atomic mass is 16.5. The maximum absolute atomic E-state index is 5.74. The third-order valence-electron chi connectivity index (χ3n) is 2.97. The Morgan fingerprint density at radius 1 is 1.73 bits per heavy atom. The van der Waals surface area contributed by atoms with Crippen LogP contribution in [0.5, 0.6) is 0 Å². The minimum atomic E-state index is 0.212. The first-order valence-corrected chi connectivity index (χ1v) is 5.72. The number of rotatable bonds is 6. The number of nitrogens with one attached hydrogen (secondary N) is 1. The third kappa shape index (κ3) is 3.91. The second-order valence-electron chi connectivity index (χ2n) is 3.94. The standard InChI is InChI=1S/C11H23N3O/c1-3-5-6-10(13-12)11-9-14(4-2)7-8-15-11/h3,10-11,13H,1,4-9,12H2,2H3. The number of nitrogens with zero attached hydrogens (tertiary/aromatic N) is 1. The highest BCUT2D eigenvalue weighted by Gasteiger charge is 2.26. The van der Waals surface area contributed by atoms with Crippen molar-refractivity contribution in [1.29, 1.82) is 0 Å². The van der Waals surface area contributed by atoms with Crippen molar-refractivity contribution in [3.63, 3.8) is 0 Å². The van der Waals surface area contributed by atoms with Gasteiger partial charge in [0.05, 0.1) is 12.7 Å². The van der Waals surface area contributed by atoms with Crippen molar-refractivity contribution in [2.75, 3.05) is 26.2 Å². The molecule has 0 amide bonds. The molecule has 2 unspecified atom stereocenters. The fraction of sp³-hybridized carbons (Fsp3) is 0.818. The van der Waals surface area contributed by atoms with E-state index < -0.39 is 0 Å². The second-order valence-corrected chi connectivity index (χ2v) is 3.94. The molecule has 4 nitrogen and oxygen atoms in total. The molecule has 0 saturated carbocycles. The van der Waals surface area contributed by atoms with Crippen molar-refractivity contribution in [3.05, 3.63) is 12.7 Å². The lowest BCUT2D eigenvalue weighted by Gasteiger charge is -2.36. The first-order valence-electron chi connectivity index (χ1n) is 5.72. The van der Waals surface area contributed by atoms with E-state index in [1.807, 2.05) is 6.08 Å². The normalized spacial score (nSPS) is 25.1. The van der Waals surface area contributed by atoms with Gasteiger partial charge in [-0.15, -0.1) is 6.58 Å². The molecule has 0 spiro atoms. The van der Waals surface area contributed by atoms with Gasteiger partial charge in [0.1, 0.15) is 0 Å². The van der Waals surface area contributed by atoms with Gasteiger partial charge in [0.2, 0.25) is 0 Å². The molecule has 15 heavy (non-hydrogen) atoms. The molecule has 1 aliphatic rings. The maximum atomic E-state index is 5.74. The molecule has 88 valence electrons. The summed E-state index contributed by atoms with van der Waals surface area (Å²) in [7, 11) is 0. The SMILES string of the molecule is C=CCCC(NN)C1CN(CC)CCO1. The lowest BCUT2D eigenvalue weighted by atomic mass is 10.0. The number of morpholine rings is 1. The number of hydrogen-bond acceptors (Lipinski definition) is 4. The number of ether oxygens (including phenoxy) is 1. The minimum Gasteiger partial charge on any atom is -0.374 e. The second kappa shape index (κ2) is 6.95. The van der Waals surface area contributed by atoms with Crippen molar-refractivity contribution in [2.45, 2.75) is 31.9 Å². The Balaban J connectivity index is 2.40. The van der Waals surface area contributed by atoms with Gasteiger partial charge in [-0.2, -0.15) is 0 Å². The van der Waals surface area contributed by atoms with E-state index in [-0.39, 0.29) is 12.1 Å². The van der Waals surface area contributed by atoms with Crippen LogP contribution < -0.4 is 11.3 Å². The summed E-state index contributed by atoms with van der Waals surface area (Å²) in [5, 5.41) is 0. The molecule has 1 rings (SSSR count). The molecule has 0 aromatic carbocycles. The number of allylic oxidation sites excluding steroid dienone is 1. The highest BCUT2D eigenvalue weighted by molar-refractivity contribution is 4.83. The predicted octanol–water partition coefficient (Wildman–Crippen LogP) is 0.505. The van der Waals surface area contributed by atoms with Gasteiger partial charge in [0, 0.05) is 19.1 Å². The highest BCUT2D eigenvalue weighted by Crippen LogP contribution is 2.12. The number of likely N-dealkylation sites (N-methyl/N-ethyl adjacent to an activating group) is 1. The fourth-order valence-corrected chi connectivity index (χ4v) is 1.94. The van der Waals surface area contributed by atoms with Crippen molar-refractivity contribution in [3.8, 4) is 0 Å². The Morgan fingerprint density at radius 2 is 2.53 bits per heavy atom. The summed E-state index contributed by atoms with van der Waals surface area (Å²) >= 11 is 0. The molecular weight excluding hydrogens is 190 g/mol. The molecule has 1 fully saturated rings. The van der Waals surface area contributed by atoms with Gasteiger partial charge in [-0.05, 0) is 19.4 Å². The molecule has 4 heteroatoms. The van der Waals surface area contributed by atoms with Crippen LogP contribution in [0.2, 0.25) is 0 Å². The van der Waals surface area contributed by atoms with Gasteiger partial charge in [-0.3, -0.25) is 16.2 Å². The Bertz CT molecular complexity index is 187. The summed E-state index contributed by atoms with van der Waals surface area (Å²) in [5.41, 5.74) is 2.85. The molecule has 1 heterocycles. The summed E-state index contributed by atoms with van der Waals surface area (Å²) < 4.78 is 5.74. The van der Waals surface area contributed by atoms with Crippen molar-refractivity contribution in [2.24, 2.45) is 5.84 Å². The van der Waals surface area contributed by atoms with Crippen LogP contribution in [-0.4, -0.2) is 43.3 Å². The van der Waals surface area contributed by atoms with E-state index in [2.05, 4.69) is 23.8 Å². The van der Waals surface area contributed by atoms with Crippen LogP contribution in [0.4, 0.5) is 0 Å². The van der Waals surface area contributed by atoms with Crippen molar-refractivity contribution < 1.29 is 4.74 Å². The first-order chi connectivity index (χ1) is 7.31. The predicted molar refractivity (Wildman–Crippen MR) is 62.4 cm³/mol. The lowest BCUT2D eigenvalue weighted by Crippen LogP contribution is -2.53. The molecule has 1 saturated heterocycles. The van der Waals surface area contributed by atoms with Gasteiger partial charge in [-0.1, -0.05) is 13.0 Å². The van der Waals surface area contributed by atoms with E-state index in [0.717, 1.165) is 39.1 Å². The van der Waals surface area contributed by atoms with Gasteiger partial charge in [0.15, 0.2) is 0 Å². The molecule has 0 radical (unpaired) electrons. The van der Waals surface area contributed by atoms with Crippen LogP contribution in [-0.2, 0) is 4.74 Å². The molecule has 1 aliphatic heterocycles. The minimum absolute atomic E-state index is 0.212. The van der Waals surface area contributed by atoms with Crippen LogP contribution >= 0.6 is 0 Å². The molecule has 3 N–H and O–H groups in total. The van der Waals surface area contributed by atoms with Crippen LogP contribution in [0.25, 0.3) is 0 Å². The van der Waals surface area contributed by atoms with Crippen LogP contribution in [0, 0.1) is 0 Å². The molecule has 2 atom stereocenters. The summed E-state index contributed by atoms with van der Waals surface area (Å²) in [6, 6.07) is 0.234. The smallest absolute Gasteiger partial charge is 0.0868 e. The van der Waals surface area contributed by atoms with Gasteiger partial charge in [-0.25, -0.2) is 0 Å². The van der Waals surface area contributed by atoms with E-state index in [4.69, 9.17) is 10.6 Å². The van der Waals surface area contributed by atoms with E-state index >= 15 is 0 Å². The van der Waals surface area contributed by atoms with E-state index in [9.17, 15) is 0 Å². The summed E-state index contributed by atoms with van der Waals surface area (Å²) in [4.78, 5) is 2.40. The molecule has 0 aromatic rings. The van der Waals surface area contributed by atoms with Crippen molar-refractivity contribution >= 4 is 0 Å². The molecule has 0 aliphatic carbocycles. The zero-order valence-corrected chi connectivity index (χ0v) is 9.61. The lowest BCUT2D eigenvalue weighted by molar-refractivity contribution is -0.0460. The van der Waals surface area contributed by atoms with Gasteiger partial charge >= 0.3 is 0 Å². The first kappa shape index (κ1) is 12.6. The summed E-state index contributed by atoms with van der Waals surface area (Å²) in [6.45, 7) is 9.80. The van der Waals surface area contributed by atoms with Crippen LogP contribution in [0.1, 0.15) is 19.8 Å². The molecule has 0 aromatic heterocycles. The van der Waals surface area contributed by atoms with Crippen molar-refractivity contribution in [1.82, 2.24) is 10.3 Å². The van der Waals surface area contributed by atoms with Crippen LogP contribution in [0.3, 0.4) is 0 Å². The third-order valence-corrected chi connectivity index (χ3v) is 2.97. The Hall–Kier alpha value is -0.420.